The summed E-state index contributed by atoms with van der Waals surface area (Å²) in [7, 11) is -16.7. The van der Waals surface area contributed by atoms with E-state index < -0.39 is 60.0 Å². The van der Waals surface area contributed by atoms with Crippen molar-refractivity contribution in [1.29, 1.82) is 0 Å². The van der Waals surface area contributed by atoms with Crippen LogP contribution in [0.15, 0.2) is 41.3 Å². The van der Waals surface area contributed by atoms with Gasteiger partial charge < -0.3 is 50.1 Å². The third-order valence-corrected chi connectivity index (χ3v) is 17.0. The number of nitrogens with two attached hydrogens (primary N) is 1. The summed E-state index contributed by atoms with van der Waals surface area (Å²) in [4.78, 5) is 83.0. The number of carboxylic acids is 1. The summed E-state index contributed by atoms with van der Waals surface area (Å²) >= 11 is 0. The standard InChI is InChI=1S/C45H47N6O16P3/c46-42-28(23-51(45(55)48-42)36-14-12-29(64-36)24-63-69(59,60)67-70(61,62)66-68(56,57)58)6-1-15-47-43(52)27-11-13-30(44(53)54)33(22-27)37-34-20-25-7-2-16-49-18-4-9-31(38(25)49)40(34)65-41-32-10-5-19-50-17-3-8-26(39(32)50)21-35(37)41/h11,13,20-23,29,36H,2-5,7-10,12,14-19,24H2,(H7-,46,47,48,52,53,54,55,56,57,58,59,60,61,62)/p+1/t29-,36+/m0/s1. The monoisotopic (exact) mass is 1020 g/mol. The number of anilines is 2. The van der Waals surface area contributed by atoms with E-state index in [4.69, 9.17) is 25.0 Å². The fourth-order valence-electron chi connectivity index (χ4n) is 10.5. The summed E-state index contributed by atoms with van der Waals surface area (Å²) in [5.41, 5.74) is 13.4. The van der Waals surface area contributed by atoms with Crippen molar-refractivity contribution >= 4 is 52.4 Å². The van der Waals surface area contributed by atoms with Gasteiger partial charge in [0, 0.05) is 70.9 Å². The number of hydrogen-bond donors (Lipinski definition) is 7. The first-order valence-electron chi connectivity index (χ1n) is 22.7. The Hall–Kier alpha value is -5.52. The number of nitrogens with one attached hydrogen (secondary N) is 1. The molecule has 4 aromatic rings. The predicted molar refractivity (Wildman–Crippen MR) is 249 cm³/mol. The number of benzene rings is 3. The van der Waals surface area contributed by atoms with Gasteiger partial charge in [0.25, 0.3) is 5.91 Å². The summed E-state index contributed by atoms with van der Waals surface area (Å²) in [6.07, 6.45) is 7.03. The Labute approximate surface area is 398 Å². The first-order valence-corrected chi connectivity index (χ1v) is 27.3. The van der Waals surface area contributed by atoms with E-state index in [0.29, 0.717) is 5.56 Å². The van der Waals surface area contributed by atoms with E-state index in [0.717, 1.165) is 121 Å². The predicted octanol–water partition coefficient (Wildman–Crippen LogP) is 2.76. The Bertz CT molecular complexity index is 3320. The van der Waals surface area contributed by atoms with Crippen molar-refractivity contribution in [2.24, 2.45) is 0 Å². The van der Waals surface area contributed by atoms with Crippen LogP contribution < -0.4 is 41.5 Å². The number of aromatic carboxylic acids is 1. The summed E-state index contributed by atoms with van der Waals surface area (Å²) in [6, 6.07) is 8.91. The van der Waals surface area contributed by atoms with Gasteiger partial charge in [-0.2, -0.15) is 13.6 Å². The molecule has 0 aliphatic carbocycles. The number of carbonyl (C=O) groups excluding carboxylic acids is 1. The largest absolute Gasteiger partial charge is 0.490 e. The second-order valence-corrected chi connectivity index (χ2v) is 22.2. The van der Waals surface area contributed by atoms with Crippen LogP contribution in [-0.4, -0.2) is 91.5 Å². The number of carboxylic acid groups (broad SMARTS) is 1. The van der Waals surface area contributed by atoms with Gasteiger partial charge in [-0.25, -0.2) is 27.9 Å². The number of phosphoric acid groups is 3. The van der Waals surface area contributed by atoms with E-state index in [1.54, 1.807) is 6.07 Å². The molecule has 1 amide bonds. The molecule has 22 nitrogen and oxygen atoms in total. The highest BCUT2D eigenvalue weighted by Crippen LogP contribution is 2.66. The average molecular weight is 1020 g/mol. The quantitative estimate of drug-likeness (QED) is 0.0537. The first kappa shape index (κ1) is 48.1. The van der Waals surface area contributed by atoms with Crippen molar-refractivity contribution in [3.05, 3.63) is 108 Å². The number of fused-ring (bicyclic) bond motifs is 4. The number of aromatic nitrogens is 2. The molecule has 1 saturated heterocycles. The van der Waals surface area contributed by atoms with Crippen molar-refractivity contribution < 1.29 is 70.6 Å². The van der Waals surface area contributed by atoms with Crippen LogP contribution in [-0.2, 0) is 57.3 Å². The molecule has 6 aliphatic rings. The second-order valence-electron chi connectivity index (χ2n) is 17.8. The fourth-order valence-corrected chi connectivity index (χ4v) is 13.6. The highest BCUT2D eigenvalue weighted by Gasteiger charge is 2.42. The summed E-state index contributed by atoms with van der Waals surface area (Å²) in [5.74, 6) is 5.25. The zero-order valence-corrected chi connectivity index (χ0v) is 40.1. The van der Waals surface area contributed by atoms with Gasteiger partial charge in [0.15, 0.2) is 0 Å². The SMILES string of the molecule is Nc1nc(=O)n([C@H]2CC[C@@H](COP(=O)(O)OP(=O)(O)OP(=O)(O)O)O2)cc1C#CCNC(=O)c1ccc(C(=O)O)c(C2=c3cc4c5c(c3Oc3c2cc2c6c3CCCN6CCC2)CCC[N+]=5CCC4)c1. The smallest absolute Gasteiger partial charge is 0.478 e. The molecule has 8 N–H and O–H groups in total. The van der Waals surface area contributed by atoms with Crippen molar-refractivity contribution in [1.82, 2.24) is 19.4 Å². The molecule has 10 rings (SSSR count). The molecule has 4 atom stereocenters. The van der Waals surface area contributed by atoms with Crippen LogP contribution in [0.3, 0.4) is 0 Å². The number of hydrogen-bond acceptors (Lipinski definition) is 14. The molecule has 0 bridgehead atoms. The molecule has 3 aromatic carbocycles. The molecule has 7 heterocycles. The van der Waals surface area contributed by atoms with Crippen LogP contribution >= 0.6 is 23.5 Å². The molecular weight excluding hydrogens is 973 g/mol. The van der Waals surface area contributed by atoms with Gasteiger partial charge in [-0.15, -0.1) is 0 Å². The topological polar surface area (TPSA) is 312 Å². The Morgan fingerprint density at radius 2 is 1.64 bits per heavy atom. The number of aryl methyl sites for hydroxylation is 2. The van der Waals surface area contributed by atoms with Gasteiger partial charge in [0.2, 0.25) is 5.36 Å². The van der Waals surface area contributed by atoms with E-state index in [9.17, 15) is 43.0 Å². The maximum absolute atomic E-state index is 14.0. The van der Waals surface area contributed by atoms with Gasteiger partial charge in [-0.3, -0.25) is 13.9 Å². The minimum Gasteiger partial charge on any atom is -0.478 e. The van der Waals surface area contributed by atoms with Crippen LogP contribution in [0.2, 0.25) is 0 Å². The Kier molecular flexibility index (Phi) is 12.8. The van der Waals surface area contributed by atoms with Crippen molar-refractivity contribution in [3.63, 3.8) is 0 Å². The molecule has 0 radical (unpaired) electrons. The lowest BCUT2D eigenvalue weighted by Crippen LogP contribution is -2.45. The van der Waals surface area contributed by atoms with E-state index in [-0.39, 0.29) is 41.9 Å². The number of nitrogens with zero attached hydrogens (tertiary/aromatic N) is 4. The van der Waals surface area contributed by atoms with Gasteiger partial charge in [-0.1, -0.05) is 11.8 Å². The fraction of sp³-hybridized carbons (Fsp3) is 0.400. The van der Waals surface area contributed by atoms with Gasteiger partial charge >= 0.3 is 35.1 Å². The first-order chi connectivity index (χ1) is 33.3. The van der Waals surface area contributed by atoms with Crippen LogP contribution in [0.5, 0.6) is 11.5 Å². The molecule has 1 aromatic heterocycles. The van der Waals surface area contributed by atoms with E-state index in [1.165, 1.54) is 40.5 Å². The normalized spacial score (nSPS) is 20.6. The summed E-state index contributed by atoms with van der Waals surface area (Å²) in [6.45, 7) is 2.99. The zero-order chi connectivity index (χ0) is 49.3. The Morgan fingerprint density at radius 3 is 2.41 bits per heavy atom. The molecule has 0 saturated carbocycles. The number of carbonyl (C=O) groups is 2. The van der Waals surface area contributed by atoms with Crippen molar-refractivity contribution in [2.45, 2.75) is 76.5 Å². The second kappa shape index (κ2) is 18.6. The molecule has 25 heteroatoms. The lowest BCUT2D eigenvalue weighted by Gasteiger charge is -2.39. The van der Waals surface area contributed by atoms with Gasteiger partial charge in [-0.05, 0) is 92.8 Å². The maximum Gasteiger partial charge on any atom is 0.490 e. The van der Waals surface area contributed by atoms with Gasteiger partial charge in [0.05, 0.1) is 35.9 Å². The molecule has 0 spiro atoms. The molecule has 70 heavy (non-hydrogen) atoms. The summed E-state index contributed by atoms with van der Waals surface area (Å²) < 4.78 is 63.3. The zero-order valence-electron chi connectivity index (χ0n) is 37.4. The molecular formula is C45H48N6O16P3+. The maximum atomic E-state index is 14.0. The number of rotatable bonds is 12. The summed E-state index contributed by atoms with van der Waals surface area (Å²) in [5, 5.41) is 15.6. The van der Waals surface area contributed by atoms with E-state index in [2.05, 4.69) is 56.9 Å². The number of nitrogen functional groups attached to an aromatic ring is 1. The minimum absolute atomic E-state index is 0.0427. The molecule has 1 fully saturated rings. The number of phosphoric ester groups is 1. The van der Waals surface area contributed by atoms with Crippen molar-refractivity contribution in [2.75, 3.05) is 50.0 Å². The minimum atomic E-state index is -5.72. The van der Waals surface area contributed by atoms with E-state index >= 15 is 0 Å². The molecule has 368 valence electrons. The molecule has 6 aliphatic heterocycles. The lowest BCUT2D eigenvalue weighted by molar-refractivity contribution is -0.0242. The Morgan fingerprint density at radius 1 is 0.900 bits per heavy atom. The van der Waals surface area contributed by atoms with E-state index in [1.807, 2.05) is 0 Å². The van der Waals surface area contributed by atoms with Crippen LogP contribution in [0.1, 0.15) is 104 Å². The Balaban J connectivity index is 0.915. The van der Waals surface area contributed by atoms with Crippen LogP contribution in [0.4, 0.5) is 11.5 Å². The van der Waals surface area contributed by atoms with Gasteiger partial charge in [0.1, 0.15) is 36.6 Å². The highest BCUT2D eigenvalue weighted by molar-refractivity contribution is 7.66. The molecule has 2 unspecified atom stereocenters. The average Bonchev–Trinajstić information content (AvgIpc) is 3.78. The third kappa shape index (κ3) is 9.52. The third-order valence-electron chi connectivity index (χ3n) is 13.2. The van der Waals surface area contributed by atoms with Crippen molar-refractivity contribution in [3.8, 4) is 23.3 Å². The highest BCUT2D eigenvalue weighted by atomic mass is 31.3. The lowest BCUT2D eigenvalue weighted by atomic mass is 9.81. The number of ether oxygens (including phenoxy) is 2. The van der Waals surface area contributed by atoms with Crippen LogP contribution in [0.25, 0.3) is 5.57 Å². The number of amides is 1. The van der Waals surface area contributed by atoms with Crippen LogP contribution in [0, 0.1) is 11.8 Å².